The van der Waals surface area contributed by atoms with Gasteiger partial charge < -0.3 is 15.2 Å². The van der Waals surface area contributed by atoms with E-state index in [4.69, 9.17) is 4.74 Å². The van der Waals surface area contributed by atoms with Gasteiger partial charge in [0.25, 0.3) is 0 Å². The molecule has 7 nitrogen and oxygen atoms in total. The van der Waals surface area contributed by atoms with E-state index in [9.17, 15) is 18.3 Å². The van der Waals surface area contributed by atoms with Crippen molar-refractivity contribution in [1.82, 2.24) is 4.72 Å². The molecule has 0 heterocycles. The Labute approximate surface area is 143 Å². The van der Waals surface area contributed by atoms with Gasteiger partial charge in [0, 0.05) is 24.9 Å². The number of sulfonamides is 1. The summed E-state index contributed by atoms with van der Waals surface area (Å²) in [6, 6.07) is 3.71. The molecule has 1 aromatic carbocycles. The monoisotopic (exact) mass is 358 g/mol. The predicted molar refractivity (Wildman–Crippen MR) is 93.1 cm³/mol. The highest BCUT2D eigenvalue weighted by molar-refractivity contribution is 7.89. The van der Waals surface area contributed by atoms with Gasteiger partial charge in [-0.25, -0.2) is 17.9 Å². The fraction of sp³-hybridized carbons (Fsp3) is 0.562. The molecule has 0 amide bonds. The average Bonchev–Trinajstić information content (AvgIpc) is 2.47. The first-order valence-electron chi connectivity index (χ1n) is 7.86. The third kappa shape index (κ3) is 5.77. The van der Waals surface area contributed by atoms with E-state index in [1.54, 1.807) is 14.0 Å². The number of carboxylic acid groups (broad SMARTS) is 1. The van der Waals surface area contributed by atoms with E-state index in [1.165, 1.54) is 18.2 Å². The summed E-state index contributed by atoms with van der Waals surface area (Å²) in [4.78, 5) is 11.4. The van der Waals surface area contributed by atoms with Crippen molar-refractivity contribution < 1.29 is 23.1 Å². The van der Waals surface area contributed by atoms with Crippen LogP contribution in [0.1, 0.15) is 44.0 Å². The van der Waals surface area contributed by atoms with Gasteiger partial charge in [0.1, 0.15) is 0 Å². The van der Waals surface area contributed by atoms with E-state index in [0.717, 1.165) is 6.42 Å². The zero-order chi connectivity index (χ0) is 18.3. The van der Waals surface area contributed by atoms with E-state index in [0.29, 0.717) is 18.7 Å². The van der Waals surface area contributed by atoms with Crippen LogP contribution in [0.15, 0.2) is 23.1 Å². The molecule has 8 heteroatoms. The van der Waals surface area contributed by atoms with Crippen LogP contribution < -0.4 is 10.0 Å². The summed E-state index contributed by atoms with van der Waals surface area (Å²) in [5.74, 6) is -1.19. The minimum Gasteiger partial charge on any atom is -0.478 e. The molecule has 1 aromatic rings. The highest BCUT2D eigenvalue weighted by Crippen LogP contribution is 2.22. The molecule has 0 aliphatic carbocycles. The summed E-state index contributed by atoms with van der Waals surface area (Å²) in [6.07, 6.45) is 1.56. The van der Waals surface area contributed by atoms with Crippen LogP contribution in [0.25, 0.3) is 0 Å². The van der Waals surface area contributed by atoms with Crippen LogP contribution in [0.2, 0.25) is 0 Å². The topological polar surface area (TPSA) is 105 Å². The standard InChI is InChI=1S/C16H26N2O5S/c1-5-6-11(2)18-24(21,22)13-7-8-15(14(9-13)16(19)20)17-12(3)10-23-4/h7-9,11-12,17-18H,5-6,10H2,1-4H3,(H,19,20)/t11-,12-/m1/s1. The van der Waals surface area contributed by atoms with Gasteiger partial charge in [-0.15, -0.1) is 0 Å². The molecule has 0 saturated carbocycles. The molecule has 0 aliphatic heterocycles. The summed E-state index contributed by atoms with van der Waals surface area (Å²) in [7, 11) is -2.21. The first-order chi connectivity index (χ1) is 11.2. The Morgan fingerprint density at radius 1 is 1.29 bits per heavy atom. The Kier molecular flexibility index (Phi) is 7.65. The van der Waals surface area contributed by atoms with E-state index in [-0.39, 0.29) is 22.5 Å². The van der Waals surface area contributed by atoms with Gasteiger partial charge >= 0.3 is 5.97 Å². The average molecular weight is 358 g/mol. The maximum absolute atomic E-state index is 12.4. The molecule has 0 fully saturated rings. The van der Waals surface area contributed by atoms with Crippen molar-refractivity contribution in [2.24, 2.45) is 0 Å². The van der Waals surface area contributed by atoms with Crippen LogP contribution in [0.3, 0.4) is 0 Å². The van der Waals surface area contributed by atoms with Crippen molar-refractivity contribution in [3.63, 3.8) is 0 Å². The lowest BCUT2D eigenvalue weighted by Gasteiger charge is -2.18. The summed E-state index contributed by atoms with van der Waals surface area (Å²) in [6.45, 7) is 5.99. The number of anilines is 1. The molecule has 0 aromatic heterocycles. The van der Waals surface area contributed by atoms with Crippen molar-refractivity contribution in [2.45, 2.75) is 50.6 Å². The van der Waals surface area contributed by atoms with Gasteiger partial charge in [0.2, 0.25) is 10.0 Å². The number of rotatable bonds is 10. The van der Waals surface area contributed by atoms with Crippen LogP contribution in [0, 0.1) is 0 Å². The van der Waals surface area contributed by atoms with Crippen LogP contribution >= 0.6 is 0 Å². The van der Waals surface area contributed by atoms with Crippen LogP contribution in [0.4, 0.5) is 5.69 Å². The van der Waals surface area contributed by atoms with Gasteiger partial charge in [0.05, 0.1) is 17.1 Å². The first-order valence-corrected chi connectivity index (χ1v) is 9.34. The number of benzene rings is 1. The molecule has 0 spiro atoms. The zero-order valence-corrected chi connectivity index (χ0v) is 15.3. The van der Waals surface area contributed by atoms with Crippen molar-refractivity contribution in [1.29, 1.82) is 0 Å². The summed E-state index contributed by atoms with van der Waals surface area (Å²) >= 11 is 0. The predicted octanol–water partition coefficient (Wildman–Crippen LogP) is 2.30. The molecule has 136 valence electrons. The summed E-state index contributed by atoms with van der Waals surface area (Å²) in [5, 5.41) is 12.4. The summed E-state index contributed by atoms with van der Waals surface area (Å²) < 4.78 is 32.3. The third-order valence-electron chi connectivity index (χ3n) is 3.43. The van der Waals surface area contributed by atoms with Crippen molar-refractivity contribution in [3.8, 4) is 0 Å². The third-order valence-corrected chi connectivity index (χ3v) is 5.02. The Morgan fingerprint density at radius 3 is 2.50 bits per heavy atom. The van der Waals surface area contributed by atoms with Crippen molar-refractivity contribution in [3.05, 3.63) is 23.8 Å². The van der Waals surface area contributed by atoms with Crippen LogP contribution in [-0.4, -0.2) is 45.3 Å². The lowest BCUT2D eigenvalue weighted by Crippen LogP contribution is -2.32. The van der Waals surface area contributed by atoms with Gasteiger partial charge in [-0.1, -0.05) is 13.3 Å². The van der Waals surface area contributed by atoms with E-state index in [2.05, 4.69) is 10.0 Å². The Bertz CT molecular complexity index is 660. The highest BCUT2D eigenvalue weighted by Gasteiger charge is 2.21. The lowest BCUT2D eigenvalue weighted by molar-refractivity contribution is 0.0697. The van der Waals surface area contributed by atoms with Gasteiger partial charge in [0.15, 0.2) is 0 Å². The Morgan fingerprint density at radius 2 is 1.96 bits per heavy atom. The molecule has 0 bridgehead atoms. The quantitative estimate of drug-likeness (QED) is 0.593. The molecule has 0 unspecified atom stereocenters. The first kappa shape index (κ1) is 20.4. The number of carboxylic acids is 1. The maximum atomic E-state index is 12.4. The maximum Gasteiger partial charge on any atom is 0.337 e. The molecule has 0 radical (unpaired) electrons. The highest BCUT2D eigenvalue weighted by atomic mass is 32.2. The Balaban J connectivity index is 3.11. The second-order valence-electron chi connectivity index (χ2n) is 5.82. The number of hydrogen-bond donors (Lipinski definition) is 3. The smallest absolute Gasteiger partial charge is 0.337 e. The number of ether oxygens (including phenoxy) is 1. The second-order valence-corrected chi connectivity index (χ2v) is 7.54. The number of aromatic carboxylic acids is 1. The molecular weight excluding hydrogens is 332 g/mol. The number of methoxy groups -OCH3 is 1. The van der Waals surface area contributed by atoms with E-state index >= 15 is 0 Å². The lowest BCUT2D eigenvalue weighted by atomic mass is 10.1. The molecule has 2 atom stereocenters. The number of hydrogen-bond acceptors (Lipinski definition) is 5. The molecule has 3 N–H and O–H groups in total. The van der Waals surface area contributed by atoms with Gasteiger partial charge in [-0.2, -0.15) is 0 Å². The van der Waals surface area contributed by atoms with Gasteiger partial charge in [-0.05, 0) is 38.5 Å². The van der Waals surface area contributed by atoms with E-state index < -0.39 is 16.0 Å². The molecule has 24 heavy (non-hydrogen) atoms. The number of nitrogens with one attached hydrogen (secondary N) is 2. The fourth-order valence-corrected chi connectivity index (χ4v) is 3.68. The summed E-state index contributed by atoms with van der Waals surface area (Å²) in [5.41, 5.74) is 0.261. The SMILES string of the molecule is CCC[C@@H](C)NS(=O)(=O)c1ccc(N[C@H](C)COC)c(C(=O)O)c1. The molecular formula is C16H26N2O5S. The molecule has 1 rings (SSSR count). The minimum atomic E-state index is -3.76. The van der Waals surface area contributed by atoms with Crippen molar-refractivity contribution in [2.75, 3.05) is 19.0 Å². The second kappa shape index (κ2) is 9.00. The number of carbonyl (C=O) groups is 1. The van der Waals surface area contributed by atoms with Crippen LogP contribution in [0.5, 0.6) is 0 Å². The fourth-order valence-electron chi connectivity index (χ4n) is 2.38. The zero-order valence-electron chi connectivity index (χ0n) is 14.5. The largest absolute Gasteiger partial charge is 0.478 e. The molecule has 0 aliphatic rings. The normalized spacial score (nSPS) is 14.2. The van der Waals surface area contributed by atoms with Crippen LogP contribution in [-0.2, 0) is 14.8 Å². The van der Waals surface area contributed by atoms with E-state index in [1.807, 2.05) is 13.8 Å². The Hall–Kier alpha value is -1.64. The van der Waals surface area contributed by atoms with Gasteiger partial charge in [-0.3, -0.25) is 0 Å². The minimum absolute atomic E-state index is 0.0622. The molecule has 0 saturated heterocycles. The van der Waals surface area contributed by atoms with Crippen molar-refractivity contribution >= 4 is 21.7 Å².